The summed E-state index contributed by atoms with van der Waals surface area (Å²) in [5, 5.41) is 2.39. The maximum absolute atomic E-state index is 11.2. The fraction of sp³-hybridized carbons (Fsp3) is 0.700. The Labute approximate surface area is 89.4 Å². The highest BCUT2D eigenvalue weighted by molar-refractivity contribution is 5.84. The lowest BCUT2D eigenvalue weighted by atomic mass is 10.1. The van der Waals surface area contributed by atoms with Gasteiger partial charge >= 0.3 is 0 Å². The number of carbonyl (C=O) groups excluding carboxylic acids is 3. The van der Waals surface area contributed by atoms with E-state index < -0.39 is 11.9 Å². The van der Waals surface area contributed by atoms with E-state index in [0.717, 1.165) is 19.3 Å². The normalized spacial score (nSPS) is 11.8. The van der Waals surface area contributed by atoms with Gasteiger partial charge in [0.2, 0.25) is 18.1 Å². The molecule has 0 spiro atoms. The third-order valence-electron chi connectivity index (χ3n) is 1.89. The summed E-state index contributed by atoms with van der Waals surface area (Å²) >= 11 is 0. The predicted molar refractivity (Wildman–Crippen MR) is 55.6 cm³/mol. The zero-order valence-electron chi connectivity index (χ0n) is 8.91. The number of nitrogens with one attached hydrogen (secondary N) is 1. The second-order valence-corrected chi connectivity index (χ2v) is 3.37. The third-order valence-corrected chi connectivity index (χ3v) is 1.89. The van der Waals surface area contributed by atoms with Gasteiger partial charge in [0.1, 0.15) is 6.04 Å². The molecule has 0 aliphatic heterocycles. The van der Waals surface area contributed by atoms with Crippen molar-refractivity contribution < 1.29 is 14.4 Å². The van der Waals surface area contributed by atoms with E-state index in [1.54, 1.807) is 6.29 Å². The maximum Gasteiger partial charge on any atom is 0.223 e. The average molecular weight is 213 g/mol. The SMILES string of the molecule is CCCCCC(=O)N[C@@H]([C]=O)CC(N)=O. The quantitative estimate of drug-likeness (QED) is 0.558. The topological polar surface area (TPSA) is 89.3 Å². The molecule has 0 aliphatic rings. The first kappa shape index (κ1) is 13.6. The van der Waals surface area contributed by atoms with E-state index in [0.29, 0.717) is 6.42 Å². The van der Waals surface area contributed by atoms with Crippen LogP contribution < -0.4 is 11.1 Å². The molecule has 15 heavy (non-hydrogen) atoms. The number of amides is 2. The molecule has 3 N–H and O–H groups in total. The molecular weight excluding hydrogens is 196 g/mol. The lowest BCUT2D eigenvalue weighted by Gasteiger charge is -2.09. The molecule has 0 heterocycles. The molecule has 1 atom stereocenters. The molecule has 0 aromatic heterocycles. The molecular formula is C10H17N2O3. The molecule has 0 fully saturated rings. The minimum absolute atomic E-state index is 0.191. The summed E-state index contributed by atoms with van der Waals surface area (Å²) in [4.78, 5) is 32.1. The average Bonchev–Trinajstić information content (AvgIpc) is 2.16. The van der Waals surface area contributed by atoms with Crippen molar-refractivity contribution in [1.29, 1.82) is 0 Å². The van der Waals surface area contributed by atoms with Crippen molar-refractivity contribution in [2.24, 2.45) is 5.73 Å². The highest BCUT2D eigenvalue weighted by Crippen LogP contribution is 1.99. The number of rotatable bonds is 8. The molecule has 0 aromatic rings. The van der Waals surface area contributed by atoms with Crippen molar-refractivity contribution in [2.45, 2.75) is 45.1 Å². The Kier molecular flexibility index (Phi) is 7.23. The summed E-state index contributed by atoms with van der Waals surface area (Å²) in [6, 6.07) is -0.906. The van der Waals surface area contributed by atoms with Crippen LogP contribution in [0.1, 0.15) is 39.0 Å². The van der Waals surface area contributed by atoms with E-state index >= 15 is 0 Å². The van der Waals surface area contributed by atoms with Crippen LogP contribution in [-0.2, 0) is 14.4 Å². The van der Waals surface area contributed by atoms with Crippen LogP contribution in [0, 0.1) is 0 Å². The Bertz CT molecular complexity index is 229. The zero-order valence-corrected chi connectivity index (χ0v) is 8.91. The minimum Gasteiger partial charge on any atom is -0.370 e. The highest BCUT2D eigenvalue weighted by atomic mass is 16.2. The molecule has 0 unspecified atom stereocenters. The van der Waals surface area contributed by atoms with Gasteiger partial charge in [-0.2, -0.15) is 0 Å². The Balaban J connectivity index is 3.80. The first-order valence-electron chi connectivity index (χ1n) is 5.05. The molecule has 5 heteroatoms. The second-order valence-electron chi connectivity index (χ2n) is 3.37. The van der Waals surface area contributed by atoms with Crippen LogP contribution in [0.4, 0.5) is 0 Å². The summed E-state index contributed by atoms with van der Waals surface area (Å²) in [7, 11) is 0. The summed E-state index contributed by atoms with van der Waals surface area (Å²) in [5.74, 6) is -0.866. The van der Waals surface area contributed by atoms with Gasteiger partial charge in [0.05, 0.1) is 6.42 Å². The van der Waals surface area contributed by atoms with Crippen LogP contribution in [0.2, 0.25) is 0 Å². The first-order valence-corrected chi connectivity index (χ1v) is 5.05. The van der Waals surface area contributed by atoms with Crippen molar-refractivity contribution in [3.63, 3.8) is 0 Å². The molecule has 0 bridgehead atoms. The van der Waals surface area contributed by atoms with E-state index in [9.17, 15) is 14.4 Å². The third kappa shape index (κ3) is 7.66. The standard InChI is InChI=1S/C10H17N2O3/c1-2-3-4-5-10(15)12-8(7-13)6-9(11)14/h8H,2-6H2,1H3,(H2,11,14)(H,12,15)/t8-/m1/s1. The monoisotopic (exact) mass is 213 g/mol. The lowest BCUT2D eigenvalue weighted by molar-refractivity contribution is -0.122. The number of carbonyl (C=O) groups is 2. The highest BCUT2D eigenvalue weighted by Gasteiger charge is 2.14. The number of nitrogens with two attached hydrogens (primary N) is 1. The lowest BCUT2D eigenvalue weighted by Crippen LogP contribution is -2.38. The van der Waals surface area contributed by atoms with Gasteiger partial charge in [0.15, 0.2) is 0 Å². The van der Waals surface area contributed by atoms with Crippen molar-refractivity contribution >= 4 is 18.1 Å². The summed E-state index contributed by atoms with van der Waals surface area (Å²) in [5.41, 5.74) is 4.90. The van der Waals surface area contributed by atoms with Gasteiger partial charge in [-0.3, -0.25) is 14.4 Å². The molecule has 1 radical (unpaired) electrons. The molecule has 0 aromatic carbocycles. The van der Waals surface area contributed by atoms with Gasteiger partial charge < -0.3 is 11.1 Å². The predicted octanol–water partition coefficient (Wildman–Crippen LogP) is 0.0366. The van der Waals surface area contributed by atoms with Gasteiger partial charge in [0, 0.05) is 6.42 Å². The Morgan fingerprint density at radius 2 is 2.07 bits per heavy atom. The van der Waals surface area contributed by atoms with Gasteiger partial charge in [-0.1, -0.05) is 19.8 Å². The molecule has 0 saturated heterocycles. The first-order chi connectivity index (χ1) is 7.10. The molecule has 0 saturated carbocycles. The fourth-order valence-electron chi connectivity index (χ4n) is 1.13. The molecule has 5 nitrogen and oxygen atoms in total. The van der Waals surface area contributed by atoms with Crippen LogP contribution in [0.15, 0.2) is 0 Å². The van der Waals surface area contributed by atoms with Gasteiger partial charge in [-0.15, -0.1) is 0 Å². The largest absolute Gasteiger partial charge is 0.370 e. The van der Waals surface area contributed by atoms with Crippen molar-refractivity contribution in [1.82, 2.24) is 5.32 Å². The minimum atomic E-state index is -0.906. The number of hydrogen-bond donors (Lipinski definition) is 2. The van der Waals surface area contributed by atoms with E-state index in [1.165, 1.54) is 0 Å². The molecule has 85 valence electrons. The summed E-state index contributed by atoms with van der Waals surface area (Å²) < 4.78 is 0. The van der Waals surface area contributed by atoms with E-state index in [2.05, 4.69) is 5.32 Å². The fourth-order valence-corrected chi connectivity index (χ4v) is 1.13. The smallest absolute Gasteiger partial charge is 0.223 e. The Hall–Kier alpha value is -1.39. The van der Waals surface area contributed by atoms with Crippen molar-refractivity contribution in [2.75, 3.05) is 0 Å². The van der Waals surface area contributed by atoms with Gasteiger partial charge in [-0.25, -0.2) is 0 Å². The number of primary amides is 1. The molecule has 0 rings (SSSR count). The summed E-state index contributed by atoms with van der Waals surface area (Å²) in [6.45, 7) is 2.03. The zero-order chi connectivity index (χ0) is 11.7. The van der Waals surface area contributed by atoms with Crippen LogP contribution in [-0.4, -0.2) is 24.1 Å². The Morgan fingerprint density at radius 3 is 2.53 bits per heavy atom. The van der Waals surface area contributed by atoms with Gasteiger partial charge in [-0.05, 0) is 6.42 Å². The van der Waals surface area contributed by atoms with E-state index in [4.69, 9.17) is 5.73 Å². The Morgan fingerprint density at radius 1 is 1.40 bits per heavy atom. The molecule has 2 amide bonds. The van der Waals surface area contributed by atoms with Crippen molar-refractivity contribution in [3.8, 4) is 0 Å². The summed E-state index contributed by atoms with van der Waals surface area (Å²) in [6.07, 6.45) is 4.53. The van der Waals surface area contributed by atoms with E-state index in [-0.39, 0.29) is 12.3 Å². The number of hydrogen-bond acceptors (Lipinski definition) is 3. The second kappa shape index (κ2) is 7.96. The van der Waals surface area contributed by atoms with Crippen molar-refractivity contribution in [3.05, 3.63) is 0 Å². The number of unbranched alkanes of at least 4 members (excludes halogenated alkanes) is 2. The maximum atomic E-state index is 11.2. The van der Waals surface area contributed by atoms with E-state index in [1.807, 2.05) is 6.92 Å². The van der Waals surface area contributed by atoms with Gasteiger partial charge in [0.25, 0.3) is 0 Å². The van der Waals surface area contributed by atoms with Crippen LogP contribution >= 0.6 is 0 Å². The van der Waals surface area contributed by atoms with Crippen LogP contribution in [0.5, 0.6) is 0 Å². The van der Waals surface area contributed by atoms with Crippen LogP contribution in [0.3, 0.4) is 0 Å². The molecule has 0 aliphatic carbocycles. The van der Waals surface area contributed by atoms with Crippen LogP contribution in [0.25, 0.3) is 0 Å².